The van der Waals surface area contributed by atoms with Crippen molar-refractivity contribution < 1.29 is 23.5 Å². The Balaban J connectivity index is 2.82. The zero-order chi connectivity index (χ0) is 14.4. The van der Waals surface area contributed by atoms with Crippen LogP contribution in [0.1, 0.15) is 30.6 Å². The molecule has 0 fully saturated rings. The first kappa shape index (κ1) is 14.9. The Morgan fingerprint density at radius 3 is 2.63 bits per heavy atom. The predicted octanol–water partition coefficient (Wildman–Crippen LogP) is 1.91. The van der Waals surface area contributed by atoms with E-state index in [1.54, 1.807) is 13.8 Å². The molecule has 0 amide bonds. The maximum Gasteiger partial charge on any atom is 0.347 e. The molecule has 0 aliphatic rings. The van der Waals surface area contributed by atoms with Gasteiger partial charge >= 0.3 is 11.9 Å². The van der Waals surface area contributed by atoms with Gasteiger partial charge in [-0.05, 0) is 31.5 Å². The second-order valence-electron chi connectivity index (χ2n) is 3.79. The highest BCUT2D eigenvalue weighted by Crippen LogP contribution is 2.16. The van der Waals surface area contributed by atoms with Gasteiger partial charge in [0, 0.05) is 5.69 Å². The third-order valence-corrected chi connectivity index (χ3v) is 2.40. The Hall–Kier alpha value is -2.11. The number of hydrogen-bond acceptors (Lipinski definition) is 5. The minimum atomic E-state index is -1.02. The van der Waals surface area contributed by atoms with Crippen molar-refractivity contribution in [1.29, 1.82) is 0 Å². The summed E-state index contributed by atoms with van der Waals surface area (Å²) >= 11 is 0. The van der Waals surface area contributed by atoms with Gasteiger partial charge < -0.3 is 15.2 Å². The van der Waals surface area contributed by atoms with E-state index in [0.717, 1.165) is 12.1 Å². The second-order valence-corrected chi connectivity index (χ2v) is 3.79. The number of carbonyl (C=O) groups excluding carboxylic acids is 2. The number of nitrogens with two attached hydrogens (primary N) is 1. The third-order valence-electron chi connectivity index (χ3n) is 2.40. The molecule has 104 valence electrons. The van der Waals surface area contributed by atoms with Crippen molar-refractivity contribution in [2.24, 2.45) is 0 Å². The van der Waals surface area contributed by atoms with Crippen LogP contribution in [0.2, 0.25) is 0 Å². The lowest BCUT2D eigenvalue weighted by molar-refractivity contribution is -0.153. The van der Waals surface area contributed by atoms with Crippen molar-refractivity contribution in [3.05, 3.63) is 29.6 Å². The smallest absolute Gasteiger partial charge is 0.347 e. The summed E-state index contributed by atoms with van der Waals surface area (Å²) in [5.74, 6) is -2.09. The van der Waals surface area contributed by atoms with E-state index in [-0.39, 0.29) is 24.3 Å². The molecule has 0 aromatic heterocycles. The third kappa shape index (κ3) is 3.94. The van der Waals surface area contributed by atoms with Crippen molar-refractivity contribution in [2.45, 2.75) is 26.4 Å². The largest absolute Gasteiger partial charge is 0.463 e. The fraction of sp³-hybridized carbons (Fsp3) is 0.385. The van der Waals surface area contributed by atoms with E-state index in [0.29, 0.717) is 0 Å². The van der Waals surface area contributed by atoms with Crippen molar-refractivity contribution in [3.63, 3.8) is 0 Å². The topological polar surface area (TPSA) is 78.6 Å². The maximum absolute atomic E-state index is 13.1. The highest BCUT2D eigenvalue weighted by molar-refractivity contribution is 5.96. The first-order chi connectivity index (χ1) is 8.99. The van der Waals surface area contributed by atoms with E-state index >= 15 is 0 Å². The van der Waals surface area contributed by atoms with Gasteiger partial charge in [-0.25, -0.2) is 14.0 Å². The molecule has 1 atom stereocenters. The molecule has 0 bridgehead atoms. The minimum Gasteiger partial charge on any atom is -0.463 e. The molecule has 6 heteroatoms. The first-order valence-corrected chi connectivity index (χ1v) is 5.92. The van der Waals surface area contributed by atoms with Gasteiger partial charge in [-0.2, -0.15) is 0 Å². The molecule has 0 aliphatic carbocycles. The van der Waals surface area contributed by atoms with Crippen LogP contribution in [-0.4, -0.2) is 24.6 Å². The highest BCUT2D eigenvalue weighted by Gasteiger charge is 2.24. The van der Waals surface area contributed by atoms with E-state index in [1.165, 1.54) is 6.07 Å². The monoisotopic (exact) mass is 269 g/mol. The lowest BCUT2D eigenvalue weighted by atomic mass is 10.1. The normalized spacial score (nSPS) is 11.7. The summed E-state index contributed by atoms with van der Waals surface area (Å²) in [6.07, 6.45) is -0.755. The summed E-state index contributed by atoms with van der Waals surface area (Å²) in [6, 6.07) is 3.36. The van der Waals surface area contributed by atoms with Crippen LogP contribution in [0.3, 0.4) is 0 Å². The fourth-order valence-electron chi connectivity index (χ4n) is 1.43. The summed E-state index contributed by atoms with van der Waals surface area (Å²) in [5, 5.41) is 0. The number of esters is 2. The van der Waals surface area contributed by atoms with Crippen molar-refractivity contribution in [3.8, 4) is 0 Å². The van der Waals surface area contributed by atoms with Crippen molar-refractivity contribution >= 4 is 17.6 Å². The van der Waals surface area contributed by atoms with E-state index in [9.17, 15) is 14.0 Å². The quantitative estimate of drug-likeness (QED) is 0.652. The summed E-state index contributed by atoms with van der Waals surface area (Å²) in [4.78, 5) is 23.3. The standard InChI is InChI=1S/C13H16FNO4/c1-3-11(13(17)18-4-2)19-12(16)9-7-8(14)5-6-10(9)15/h5-7,11H,3-4,15H2,1-2H3. The molecule has 2 N–H and O–H groups in total. The number of nitrogen functional groups attached to an aromatic ring is 1. The van der Waals surface area contributed by atoms with Gasteiger partial charge in [0.05, 0.1) is 12.2 Å². The minimum absolute atomic E-state index is 0.0881. The molecular weight excluding hydrogens is 253 g/mol. The Morgan fingerprint density at radius 2 is 2.05 bits per heavy atom. The van der Waals surface area contributed by atoms with Crippen molar-refractivity contribution in [1.82, 2.24) is 0 Å². The average molecular weight is 269 g/mol. The number of ether oxygens (including phenoxy) is 2. The second kappa shape index (κ2) is 6.72. The molecule has 0 saturated heterocycles. The van der Waals surface area contributed by atoms with Crippen LogP contribution in [0.15, 0.2) is 18.2 Å². The highest BCUT2D eigenvalue weighted by atomic mass is 19.1. The van der Waals surface area contributed by atoms with Crippen LogP contribution >= 0.6 is 0 Å². The Morgan fingerprint density at radius 1 is 1.37 bits per heavy atom. The SMILES string of the molecule is CCOC(=O)C(CC)OC(=O)c1cc(F)ccc1N. The van der Waals surface area contributed by atoms with Crippen LogP contribution in [0.4, 0.5) is 10.1 Å². The van der Waals surface area contributed by atoms with Gasteiger partial charge in [0.15, 0.2) is 6.10 Å². The van der Waals surface area contributed by atoms with E-state index in [2.05, 4.69) is 0 Å². The molecule has 1 aromatic rings. The maximum atomic E-state index is 13.1. The predicted molar refractivity (Wildman–Crippen MR) is 66.9 cm³/mol. The molecule has 0 radical (unpaired) electrons. The summed E-state index contributed by atoms with van der Waals surface area (Å²) in [5.41, 5.74) is 5.54. The van der Waals surface area contributed by atoms with Crippen LogP contribution in [0, 0.1) is 5.82 Å². The molecule has 0 saturated carbocycles. The number of hydrogen-bond donors (Lipinski definition) is 1. The van der Waals surface area contributed by atoms with Gasteiger partial charge in [0.1, 0.15) is 5.82 Å². The molecule has 0 spiro atoms. The molecule has 5 nitrogen and oxygen atoms in total. The Bertz CT molecular complexity index is 476. The first-order valence-electron chi connectivity index (χ1n) is 5.92. The molecule has 0 aliphatic heterocycles. The zero-order valence-corrected chi connectivity index (χ0v) is 10.8. The summed E-state index contributed by atoms with van der Waals surface area (Å²) in [6.45, 7) is 3.51. The molecule has 19 heavy (non-hydrogen) atoms. The van der Waals surface area contributed by atoms with Gasteiger partial charge in [-0.3, -0.25) is 0 Å². The summed E-state index contributed by atoms with van der Waals surface area (Å²) in [7, 11) is 0. The number of halogens is 1. The van der Waals surface area contributed by atoms with Gasteiger partial charge in [0.2, 0.25) is 0 Å². The molecule has 1 aromatic carbocycles. The van der Waals surface area contributed by atoms with E-state index < -0.39 is 23.9 Å². The number of carbonyl (C=O) groups is 2. The van der Waals surface area contributed by atoms with Crippen LogP contribution in [-0.2, 0) is 14.3 Å². The van der Waals surface area contributed by atoms with Crippen LogP contribution in [0.25, 0.3) is 0 Å². The molecule has 1 rings (SSSR count). The number of anilines is 1. The van der Waals surface area contributed by atoms with Crippen molar-refractivity contribution in [2.75, 3.05) is 12.3 Å². The zero-order valence-electron chi connectivity index (χ0n) is 10.8. The fourth-order valence-corrected chi connectivity index (χ4v) is 1.43. The van der Waals surface area contributed by atoms with Gasteiger partial charge in [-0.1, -0.05) is 6.92 Å². The van der Waals surface area contributed by atoms with E-state index in [1.807, 2.05) is 0 Å². The van der Waals surface area contributed by atoms with Gasteiger partial charge in [-0.15, -0.1) is 0 Å². The Kier molecular flexibility index (Phi) is 5.29. The lowest BCUT2D eigenvalue weighted by Crippen LogP contribution is -2.29. The summed E-state index contributed by atoms with van der Waals surface area (Å²) < 4.78 is 22.8. The molecule has 0 heterocycles. The van der Waals surface area contributed by atoms with Crippen LogP contribution in [0.5, 0.6) is 0 Å². The molecule has 1 unspecified atom stereocenters. The number of benzene rings is 1. The van der Waals surface area contributed by atoms with E-state index in [4.69, 9.17) is 15.2 Å². The van der Waals surface area contributed by atoms with Crippen LogP contribution < -0.4 is 5.73 Å². The van der Waals surface area contributed by atoms with Gasteiger partial charge in [0.25, 0.3) is 0 Å². The Labute approximate surface area is 110 Å². The average Bonchev–Trinajstić information content (AvgIpc) is 2.38. The lowest BCUT2D eigenvalue weighted by Gasteiger charge is -2.15. The number of rotatable bonds is 5. The molecular formula is C13H16FNO4.